The van der Waals surface area contributed by atoms with E-state index in [1.165, 1.54) is 17.4 Å². The molecular weight excluding hydrogens is 221 g/mol. The van der Waals surface area contributed by atoms with Gasteiger partial charge in [0.05, 0.1) is 5.57 Å². The third-order valence-corrected chi connectivity index (χ3v) is 3.02. The van der Waals surface area contributed by atoms with Crippen LogP contribution in [0, 0.1) is 17.1 Å². The van der Waals surface area contributed by atoms with Gasteiger partial charge in [0.1, 0.15) is 11.9 Å². The molecule has 0 N–H and O–H groups in total. The number of thiophene rings is 1. The Kier molecular flexibility index (Phi) is 3.13. The second kappa shape index (κ2) is 4.73. The van der Waals surface area contributed by atoms with Gasteiger partial charge in [0, 0.05) is 10.4 Å². The van der Waals surface area contributed by atoms with Crippen molar-refractivity contribution in [1.82, 2.24) is 0 Å². The average molecular weight is 229 g/mol. The summed E-state index contributed by atoms with van der Waals surface area (Å²) in [4.78, 5) is 0.853. The second-order valence-electron chi connectivity index (χ2n) is 3.17. The van der Waals surface area contributed by atoms with Crippen LogP contribution < -0.4 is 0 Å². The van der Waals surface area contributed by atoms with Crippen molar-refractivity contribution >= 4 is 23.0 Å². The molecule has 0 bridgehead atoms. The van der Waals surface area contributed by atoms with Crippen LogP contribution in [0.2, 0.25) is 0 Å². The first-order chi connectivity index (χ1) is 7.81. The van der Waals surface area contributed by atoms with Crippen LogP contribution in [0.15, 0.2) is 41.8 Å². The van der Waals surface area contributed by atoms with E-state index in [-0.39, 0.29) is 5.82 Å². The fraction of sp³-hybridized carbons (Fsp3) is 0. The second-order valence-corrected chi connectivity index (χ2v) is 4.12. The molecule has 78 valence electrons. The Morgan fingerprint density at radius 3 is 2.69 bits per heavy atom. The van der Waals surface area contributed by atoms with Crippen LogP contribution in [-0.4, -0.2) is 0 Å². The molecule has 0 fully saturated rings. The highest BCUT2D eigenvalue weighted by atomic mass is 32.1. The van der Waals surface area contributed by atoms with Gasteiger partial charge < -0.3 is 0 Å². The zero-order valence-electron chi connectivity index (χ0n) is 8.35. The zero-order chi connectivity index (χ0) is 11.4. The number of hydrogen-bond acceptors (Lipinski definition) is 2. The minimum atomic E-state index is -0.313. The van der Waals surface area contributed by atoms with Crippen molar-refractivity contribution in [3.63, 3.8) is 0 Å². The van der Waals surface area contributed by atoms with Crippen molar-refractivity contribution in [3.8, 4) is 6.07 Å². The number of halogens is 1. The molecule has 1 nitrogen and oxygen atoms in total. The Hall–Kier alpha value is -1.92. The molecule has 2 aromatic rings. The van der Waals surface area contributed by atoms with E-state index in [4.69, 9.17) is 5.26 Å². The van der Waals surface area contributed by atoms with E-state index >= 15 is 0 Å². The van der Waals surface area contributed by atoms with Gasteiger partial charge in [0.25, 0.3) is 0 Å². The highest BCUT2D eigenvalue weighted by Crippen LogP contribution is 2.22. The predicted molar refractivity (Wildman–Crippen MR) is 64.2 cm³/mol. The molecular formula is C13H8FNS. The normalized spacial score (nSPS) is 11.1. The first kappa shape index (κ1) is 10.6. The maximum Gasteiger partial charge on any atom is 0.130 e. The van der Waals surface area contributed by atoms with Crippen molar-refractivity contribution < 1.29 is 4.39 Å². The van der Waals surface area contributed by atoms with Crippen LogP contribution >= 0.6 is 11.3 Å². The van der Waals surface area contributed by atoms with Crippen molar-refractivity contribution in [2.45, 2.75) is 0 Å². The van der Waals surface area contributed by atoms with E-state index in [1.807, 2.05) is 17.5 Å². The highest BCUT2D eigenvalue weighted by molar-refractivity contribution is 7.11. The predicted octanol–water partition coefficient (Wildman–Crippen LogP) is 3.95. The molecule has 1 aromatic heterocycles. The lowest BCUT2D eigenvalue weighted by molar-refractivity contribution is 0.625. The van der Waals surface area contributed by atoms with Crippen LogP contribution in [0.3, 0.4) is 0 Å². The Bertz CT molecular complexity index is 550. The lowest BCUT2D eigenvalue weighted by atomic mass is 10.1. The van der Waals surface area contributed by atoms with Gasteiger partial charge in [-0.15, -0.1) is 11.3 Å². The minimum Gasteiger partial charge on any atom is -0.206 e. The number of benzene rings is 1. The lowest BCUT2D eigenvalue weighted by Gasteiger charge is -1.97. The van der Waals surface area contributed by atoms with Crippen molar-refractivity contribution in [2.75, 3.05) is 0 Å². The molecule has 0 saturated carbocycles. The van der Waals surface area contributed by atoms with E-state index in [2.05, 4.69) is 6.07 Å². The van der Waals surface area contributed by atoms with E-state index in [0.717, 1.165) is 4.88 Å². The summed E-state index contributed by atoms with van der Waals surface area (Å²) in [6.07, 6.45) is 1.57. The maximum atomic E-state index is 13.4. The Balaban J connectivity index is 2.44. The van der Waals surface area contributed by atoms with Gasteiger partial charge in [-0.05, 0) is 23.6 Å². The van der Waals surface area contributed by atoms with Crippen LogP contribution in [0.5, 0.6) is 0 Å². The largest absolute Gasteiger partial charge is 0.206 e. The maximum absolute atomic E-state index is 13.4. The van der Waals surface area contributed by atoms with Gasteiger partial charge in [0.15, 0.2) is 0 Å². The molecule has 1 heterocycles. The molecule has 0 radical (unpaired) electrons. The summed E-state index contributed by atoms with van der Waals surface area (Å²) in [5.41, 5.74) is 0.924. The molecule has 0 saturated heterocycles. The average Bonchev–Trinajstić information content (AvgIpc) is 2.81. The van der Waals surface area contributed by atoms with Gasteiger partial charge in [0.2, 0.25) is 0 Å². The number of nitrogens with zero attached hydrogens (tertiary/aromatic N) is 1. The smallest absolute Gasteiger partial charge is 0.130 e. The van der Waals surface area contributed by atoms with E-state index < -0.39 is 0 Å². The van der Waals surface area contributed by atoms with Gasteiger partial charge in [-0.25, -0.2) is 4.39 Å². The van der Waals surface area contributed by atoms with E-state index in [0.29, 0.717) is 11.1 Å². The lowest BCUT2D eigenvalue weighted by Crippen LogP contribution is -1.82. The SMILES string of the molecule is N#CC(=Cc1ccccc1F)c1cccs1. The zero-order valence-corrected chi connectivity index (χ0v) is 9.17. The van der Waals surface area contributed by atoms with Gasteiger partial charge in [-0.1, -0.05) is 24.3 Å². The summed E-state index contributed by atoms with van der Waals surface area (Å²) in [6, 6.07) is 12.2. The standard InChI is InChI=1S/C13H8FNS/c14-12-5-2-1-4-10(12)8-11(9-15)13-6-3-7-16-13/h1-8H. The molecule has 0 unspecified atom stereocenters. The van der Waals surface area contributed by atoms with Gasteiger partial charge in [-0.2, -0.15) is 5.26 Å². The summed E-state index contributed by atoms with van der Waals surface area (Å²) in [6.45, 7) is 0. The molecule has 1 aromatic carbocycles. The summed E-state index contributed by atoms with van der Waals surface area (Å²) in [5, 5.41) is 10.9. The highest BCUT2D eigenvalue weighted by Gasteiger charge is 2.03. The molecule has 3 heteroatoms. The van der Waals surface area contributed by atoms with Gasteiger partial charge in [-0.3, -0.25) is 0 Å². The molecule has 0 amide bonds. The molecule has 2 rings (SSSR count). The Morgan fingerprint density at radius 1 is 1.25 bits per heavy atom. The van der Waals surface area contributed by atoms with E-state index in [1.54, 1.807) is 24.3 Å². The quantitative estimate of drug-likeness (QED) is 0.715. The first-order valence-electron chi connectivity index (χ1n) is 4.71. The summed E-state index contributed by atoms with van der Waals surface area (Å²) < 4.78 is 13.4. The fourth-order valence-corrected chi connectivity index (χ4v) is 2.03. The van der Waals surface area contributed by atoms with Crippen molar-refractivity contribution in [1.29, 1.82) is 5.26 Å². The van der Waals surface area contributed by atoms with Crippen LogP contribution in [0.4, 0.5) is 4.39 Å². The Labute approximate surface area is 97.1 Å². The first-order valence-corrected chi connectivity index (χ1v) is 5.59. The van der Waals surface area contributed by atoms with Crippen molar-refractivity contribution in [3.05, 3.63) is 58.0 Å². The number of hydrogen-bond donors (Lipinski definition) is 0. The molecule has 0 aliphatic carbocycles. The molecule has 0 atom stereocenters. The third kappa shape index (κ3) is 2.18. The molecule has 0 aliphatic rings. The summed E-state index contributed by atoms with van der Waals surface area (Å²) >= 11 is 1.47. The third-order valence-electron chi connectivity index (χ3n) is 2.11. The van der Waals surface area contributed by atoms with Crippen LogP contribution in [0.25, 0.3) is 11.6 Å². The number of nitriles is 1. The number of allylic oxidation sites excluding steroid dienone is 1. The monoisotopic (exact) mass is 229 g/mol. The summed E-state index contributed by atoms with van der Waals surface area (Å²) in [7, 11) is 0. The van der Waals surface area contributed by atoms with Gasteiger partial charge >= 0.3 is 0 Å². The summed E-state index contributed by atoms with van der Waals surface area (Å²) in [5.74, 6) is -0.313. The van der Waals surface area contributed by atoms with Crippen LogP contribution in [-0.2, 0) is 0 Å². The Morgan fingerprint density at radius 2 is 2.06 bits per heavy atom. The minimum absolute atomic E-state index is 0.313. The topological polar surface area (TPSA) is 23.8 Å². The van der Waals surface area contributed by atoms with Crippen molar-refractivity contribution in [2.24, 2.45) is 0 Å². The van der Waals surface area contributed by atoms with E-state index in [9.17, 15) is 4.39 Å². The molecule has 16 heavy (non-hydrogen) atoms. The molecule has 0 spiro atoms. The molecule has 0 aliphatic heterocycles. The number of rotatable bonds is 2. The fourth-order valence-electron chi connectivity index (χ4n) is 1.34. The van der Waals surface area contributed by atoms with Crippen LogP contribution in [0.1, 0.15) is 10.4 Å².